The second kappa shape index (κ2) is 10.6. The van der Waals surface area contributed by atoms with Crippen LogP contribution in [-0.2, 0) is 4.79 Å². The van der Waals surface area contributed by atoms with Crippen LogP contribution in [0.1, 0.15) is 34.5 Å². The molecule has 6 rings (SSSR count). The molecule has 0 radical (unpaired) electrons. The molecular weight excluding hydrogens is 503 g/mol. The molecule has 0 bridgehead atoms. The van der Waals surface area contributed by atoms with E-state index in [-0.39, 0.29) is 23.7 Å². The lowest BCUT2D eigenvalue weighted by Gasteiger charge is -2.35. The molecule has 2 aliphatic heterocycles. The van der Waals surface area contributed by atoms with Gasteiger partial charge in [-0.15, -0.1) is 0 Å². The van der Waals surface area contributed by atoms with Crippen molar-refractivity contribution in [1.29, 1.82) is 0 Å². The number of fused-ring (bicyclic) bond motifs is 1. The van der Waals surface area contributed by atoms with Gasteiger partial charge in [-0.2, -0.15) is 0 Å². The van der Waals surface area contributed by atoms with Gasteiger partial charge in [-0.3, -0.25) is 9.59 Å². The Morgan fingerprint density at radius 2 is 1.65 bits per heavy atom. The van der Waals surface area contributed by atoms with Crippen molar-refractivity contribution >= 4 is 29.2 Å². The highest BCUT2D eigenvalue weighted by Crippen LogP contribution is 2.42. The van der Waals surface area contributed by atoms with E-state index in [1.54, 1.807) is 30.5 Å². The average Bonchev–Trinajstić information content (AvgIpc) is 3.54. The minimum Gasteiger partial charge on any atom is -0.360 e. The number of piperidine rings is 1. The van der Waals surface area contributed by atoms with Crippen molar-refractivity contribution in [2.45, 2.75) is 18.9 Å². The van der Waals surface area contributed by atoms with Crippen molar-refractivity contribution in [3.63, 3.8) is 0 Å². The summed E-state index contributed by atoms with van der Waals surface area (Å²) < 4.78 is 14.8. The molecule has 0 unspecified atom stereocenters. The molecule has 2 amide bonds. The van der Waals surface area contributed by atoms with E-state index in [1.807, 2.05) is 60.5 Å². The molecule has 7 heteroatoms. The number of nitrogens with one attached hydrogen (secondary N) is 2. The Labute approximate surface area is 233 Å². The monoisotopic (exact) mass is 534 g/mol. The molecule has 1 aromatic heterocycles. The van der Waals surface area contributed by atoms with Gasteiger partial charge >= 0.3 is 0 Å². The highest BCUT2D eigenvalue weighted by atomic mass is 19.1. The molecule has 0 aliphatic carbocycles. The van der Waals surface area contributed by atoms with Crippen molar-refractivity contribution in [3.8, 4) is 22.3 Å². The first-order valence-electron chi connectivity index (χ1n) is 13.6. The Hall–Kier alpha value is -4.49. The number of rotatable bonds is 5. The molecule has 1 saturated heterocycles. The standard InChI is InChI=1S/C33H31FN4O2/c1-37-17-15-22(16-18-37)38(2)33(40)26-20-35-29(30(26)21-9-4-3-5-10-21)19-25-31-24(23-11-6-7-13-27(23)34)12-8-14-28(31)36-32(25)39/h3-14,19-20,22,35H,15-18H2,1-2H3,(H,36,39). The van der Waals surface area contributed by atoms with Crippen LogP contribution in [-0.4, -0.2) is 59.8 Å². The van der Waals surface area contributed by atoms with Crippen molar-refractivity contribution < 1.29 is 14.0 Å². The van der Waals surface area contributed by atoms with Gasteiger partial charge in [0.1, 0.15) is 5.82 Å². The SMILES string of the molecule is CN1CCC(N(C)C(=O)c2c[nH]c(C=C3C(=O)Nc4cccc(-c5ccccc5F)c43)c2-c2ccccc2)CC1. The number of carbonyl (C=O) groups is 2. The summed E-state index contributed by atoms with van der Waals surface area (Å²) in [7, 11) is 3.98. The van der Waals surface area contributed by atoms with Gasteiger partial charge in [-0.25, -0.2) is 4.39 Å². The minimum absolute atomic E-state index is 0.0578. The summed E-state index contributed by atoms with van der Waals surface area (Å²) in [6.45, 7) is 1.91. The summed E-state index contributed by atoms with van der Waals surface area (Å²) in [6, 6.07) is 21.9. The highest BCUT2D eigenvalue weighted by Gasteiger charge is 2.31. The van der Waals surface area contributed by atoms with Gasteiger partial charge in [0, 0.05) is 47.4 Å². The van der Waals surface area contributed by atoms with Gasteiger partial charge in [0.25, 0.3) is 11.8 Å². The number of benzene rings is 3. The molecule has 0 spiro atoms. The van der Waals surface area contributed by atoms with E-state index in [1.165, 1.54) is 6.07 Å². The number of anilines is 1. The number of nitrogens with zero attached hydrogens (tertiary/aromatic N) is 2. The fourth-order valence-corrected chi connectivity index (χ4v) is 5.81. The quantitative estimate of drug-likeness (QED) is 0.302. The lowest BCUT2D eigenvalue weighted by Crippen LogP contribution is -2.44. The first-order valence-corrected chi connectivity index (χ1v) is 13.6. The lowest BCUT2D eigenvalue weighted by molar-refractivity contribution is -0.110. The number of H-pyrrole nitrogens is 1. The largest absolute Gasteiger partial charge is 0.360 e. The maximum absolute atomic E-state index is 14.8. The third kappa shape index (κ3) is 4.62. The van der Waals surface area contributed by atoms with Crippen molar-refractivity contribution in [1.82, 2.24) is 14.8 Å². The third-order valence-corrected chi connectivity index (χ3v) is 8.04. The Morgan fingerprint density at radius 1 is 0.950 bits per heavy atom. The third-order valence-electron chi connectivity index (χ3n) is 8.04. The molecule has 6 nitrogen and oxygen atoms in total. The number of aromatic amines is 1. The van der Waals surface area contributed by atoms with Crippen molar-refractivity contribution in [3.05, 3.63) is 102 Å². The summed E-state index contributed by atoms with van der Waals surface area (Å²) in [5.41, 5.74) is 5.55. The molecular formula is C33H31FN4O2. The summed E-state index contributed by atoms with van der Waals surface area (Å²) in [6.07, 6.45) is 5.37. The van der Waals surface area contributed by atoms with Gasteiger partial charge in [-0.1, -0.05) is 60.7 Å². The van der Waals surface area contributed by atoms with Crippen molar-refractivity contribution in [2.24, 2.45) is 0 Å². The number of carbonyl (C=O) groups excluding carboxylic acids is 2. The lowest BCUT2D eigenvalue weighted by atomic mass is 9.93. The van der Waals surface area contributed by atoms with E-state index in [4.69, 9.17) is 0 Å². The molecule has 0 atom stereocenters. The zero-order valence-corrected chi connectivity index (χ0v) is 22.6. The molecule has 2 N–H and O–H groups in total. The predicted molar refractivity (Wildman–Crippen MR) is 157 cm³/mol. The van der Waals surface area contributed by atoms with Gasteiger partial charge < -0.3 is 20.1 Å². The smallest absolute Gasteiger partial charge is 0.256 e. The van der Waals surface area contributed by atoms with Gasteiger partial charge in [0.15, 0.2) is 0 Å². The number of hydrogen-bond acceptors (Lipinski definition) is 3. The number of likely N-dealkylation sites (tertiary alicyclic amines) is 1. The Morgan fingerprint density at radius 3 is 2.40 bits per heavy atom. The van der Waals surface area contributed by atoms with Crippen LogP contribution in [0, 0.1) is 5.82 Å². The van der Waals surface area contributed by atoms with Crippen LogP contribution in [0.2, 0.25) is 0 Å². The zero-order valence-electron chi connectivity index (χ0n) is 22.6. The molecule has 202 valence electrons. The van der Waals surface area contributed by atoms with E-state index < -0.39 is 0 Å². The second-order valence-corrected chi connectivity index (χ2v) is 10.5. The molecule has 3 aromatic carbocycles. The number of aromatic nitrogens is 1. The molecule has 0 saturated carbocycles. The topological polar surface area (TPSA) is 68.4 Å². The number of amides is 2. The van der Waals surface area contributed by atoms with E-state index in [0.29, 0.717) is 39.2 Å². The fraction of sp³-hybridized carbons (Fsp3) is 0.212. The maximum Gasteiger partial charge on any atom is 0.256 e. The van der Waals surface area contributed by atoms with Crippen LogP contribution in [0.15, 0.2) is 79.0 Å². The Balaban J connectivity index is 1.46. The molecule has 1 fully saturated rings. The average molecular weight is 535 g/mol. The predicted octanol–water partition coefficient (Wildman–Crippen LogP) is 6.15. The summed E-state index contributed by atoms with van der Waals surface area (Å²) >= 11 is 0. The van der Waals surface area contributed by atoms with Gasteiger partial charge in [-0.05, 0) is 62.3 Å². The molecule has 3 heterocycles. The Bertz CT molecular complexity index is 1620. The van der Waals surface area contributed by atoms with E-state index in [2.05, 4.69) is 22.2 Å². The van der Waals surface area contributed by atoms with Gasteiger partial charge in [0.05, 0.1) is 11.1 Å². The second-order valence-electron chi connectivity index (χ2n) is 10.5. The number of halogens is 1. The van der Waals surface area contributed by atoms with E-state index >= 15 is 0 Å². The van der Waals surface area contributed by atoms with E-state index in [9.17, 15) is 14.0 Å². The molecule has 4 aromatic rings. The first-order chi connectivity index (χ1) is 19.4. The zero-order chi connectivity index (χ0) is 27.8. The summed E-state index contributed by atoms with van der Waals surface area (Å²) in [4.78, 5) is 34.5. The van der Waals surface area contributed by atoms with Crippen LogP contribution < -0.4 is 5.32 Å². The van der Waals surface area contributed by atoms with Crippen LogP contribution in [0.4, 0.5) is 10.1 Å². The molecule has 2 aliphatic rings. The first kappa shape index (κ1) is 25.8. The maximum atomic E-state index is 14.8. The minimum atomic E-state index is -0.357. The summed E-state index contributed by atoms with van der Waals surface area (Å²) in [5.74, 6) is -0.689. The van der Waals surface area contributed by atoms with Crippen LogP contribution in [0.25, 0.3) is 33.9 Å². The summed E-state index contributed by atoms with van der Waals surface area (Å²) in [5, 5.41) is 2.93. The highest BCUT2D eigenvalue weighted by molar-refractivity contribution is 6.36. The van der Waals surface area contributed by atoms with Crippen molar-refractivity contribution in [2.75, 3.05) is 32.5 Å². The normalized spacial score (nSPS) is 16.7. The van der Waals surface area contributed by atoms with Crippen LogP contribution >= 0.6 is 0 Å². The number of hydrogen-bond donors (Lipinski definition) is 2. The fourth-order valence-electron chi connectivity index (χ4n) is 5.81. The Kier molecular flexibility index (Phi) is 6.82. The van der Waals surface area contributed by atoms with Crippen LogP contribution in [0.3, 0.4) is 0 Å². The molecule has 40 heavy (non-hydrogen) atoms. The van der Waals surface area contributed by atoms with Gasteiger partial charge in [0.2, 0.25) is 0 Å². The van der Waals surface area contributed by atoms with E-state index in [0.717, 1.165) is 37.1 Å². The van der Waals surface area contributed by atoms with Crippen LogP contribution in [0.5, 0.6) is 0 Å².